The Bertz CT molecular complexity index is 458. The minimum absolute atomic E-state index is 0. The Labute approximate surface area is 196 Å². The molecule has 3 N–H and O–H groups in total. The number of aliphatic hydroxyl groups excluding tert-OH is 1. The van der Waals surface area contributed by atoms with E-state index >= 15 is 0 Å². The number of hydrogen-bond donors (Lipinski definition) is 2. The van der Waals surface area contributed by atoms with Crippen LogP contribution in [-0.2, 0) is 24.2 Å². The summed E-state index contributed by atoms with van der Waals surface area (Å²) in [5, 5.41) is 10.2. The summed E-state index contributed by atoms with van der Waals surface area (Å²) in [5.74, 6) is 0. The summed E-state index contributed by atoms with van der Waals surface area (Å²) in [6.07, 6.45) is 0. The average Bonchev–Trinajstić information content (AvgIpc) is 2.86. The zero-order valence-electron chi connectivity index (χ0n) is 18.2. The number of aliphatic hydroxyl groups is 1. The van der Waals surface area contributed by atoms with Gasteiger partial charge in [0.05, 0.1) is 0 Å². The van der Waals surface area contributed by atoms with Gasteiger partial charge in [0.2, 0.25) is 0 Å². The van der Waals surface area contributed by atoms with Crippen LogP contribution in [-0.4, -0.2) is 34.6 Å². The normalized spacial score (nSPS) is 8.63. The minimum atomic E-state index is -1.61. The third-order valence-electron chi connectivity index (χ3n) is 1.55. The van der Waals surface area contributed by atoms with Gasteiger partial charge in [0.25, 0.3) is 0 Å². The number of halogens is 2. The van der Waals surface area contributed by atoms with Gasteiger partial charge in [0.15, 0.2) is 8.32 Å². The van der Waals surface area contributed by atoms with Gasteiger partial charge in [-0.15, -0.1) is 60.0 Å². The molecule has 0 aliphatic heterocycles. The molecule has 2 aromatic rings. The van der Waals surface area contributed by atoms with Crippen LogP contribution in [0, 0.1) is 7.43 Å². The molecule has 0 radical (unpaired) electrons. The summed E-state index contributed by atoms with van der Waals surface area (Å²) in [5.41, 5.74) is 6.69. The molecule has 0 heterocycles. The molecule has 27 heavy (non-hydrogen) atoms. The van der Waals surface area contributed by atoms with E-state index in [1.807, 2.05) is 40.4 Å². The molecule has 0 fully saturated rings. The molecule has 2 aromatic carbocycles. The van der Waals surface area contributed by atoms with E-state index in [1.54, 1.807) is 6.92 Å². The van der Waals surface area contributed by atoms with Gasteiger partial charge in [-0.2, -0.15) is 17.5 Å². The van der Waals surface area contributed by atoms with Gasteiger partial charge in [-0.05, 0) is 26.6 Å². The molecule has 162 valence electrons. The maximum atomic E-state index is 8.66. The van der Waals surface area contributed by atoms with Crippen molar-refractivity contribution < 1.29 is 34.1 Å². The third-order valence-corrected chi connectivity index (χ3v) is 1.55. The molecule has 0 saturated heterocycles. The zero-order valence-corrected chi connectivity index (χ0v) is 23.3. The van der Waals surface area contributed by atoms with Crippen LogP contribution in [0.3, 0.4) is 0 Å². The van der Waals surface area contributed by atoms with Crippen LogP contribution in [0.1, 0.15) is 27.7 Å². The van der Waals surface area contributed by atoms with Crippen LogP contribution in [0.15, 0.2) is 42.5 Å². The fourth-order valence-electron chi connectivity index (χ4n) is 1.07. The minimum Gasteiger partial charge on any atom is -0.358 e. The van der Waals surface area contributed by atoms with Gasteiger partial charge in [-0.25, -0.2) is 0 Å². The van der Waals surface area contributed by atoms with E-state index in [0.717, 1.165) is 0 Å². The van der Waals surface area contributed by atoms with Gasteiger partial charge < -0.3 is 23.1 Å². The predicted octanol–water partition coefficient (Wildman–Crippen LogP) is 6.47. The number of fused-ring (bicyclic) bond motifs is 1. The van der Waals surface area contributed by atoms with E-state index in [9.17, 15) is 0 Å². The number of rotatable bonds is 0. The molecule has 0 aromatic heterocycles. The second-order valence-electron chi connectivity index (χ2n) is 6.89. The fraction of sp³-hybridized carbons (Fsp3) is 0.450. The van der Waals surface area contributed by atoms with E-state index in [0.29, 0.717) is 0 Å². The van der Waals surface area contributed by atoms with Crippen LogP contribution in [0.25, 0.3) is 16.5 Å². The molecule has 7 heteroatoms. The second-order valence-corrected chi connectivity index (χ2v) is 11.2. The molecule has 0 unspecified atom stereocenters. The van der Waals surface area contributed by atoms with Crippen LogP contribution < -0.4 is 0 Å². The summed E-state index contributed by atoms with van der Waals surface area (Å²) in [7, 11) is -1.61. The van der Waals surface area contributed by atoms with Crippen molar-refractivity contribution in [2.75, 3.05) is 6.61 Å². The fourth-order valence-corrected chi connectivity index (χ4v) is 1.07. The van der Waals surface area contributed by atoms with Crippen LogP contribution in [0.2, 0.25) is 19.6 Å². The van der Waals surface area contributed by atoms with Gasteiger partial charge in [-0.1, -0.05) is 26.8 Å². The smallest absolute Gasteiger partial charge is 0.0809 e. The Balaban J connectivity index is -0.0000000547. The van der Waals surface area contributed by atoms with E-state index in [4.69, 9.17) is 15.6 Å². The molecular formula is C20H40Cl2NO2SiZr-3. The van der Waals surface area contributed by atoms with E-state index in [1.165, 1.54) is 35.0 Å². The summed E-state index contributed by atoms with van der Waals surface area (Å²) in [6.45, 7) is 13.1. The molecule has 0 bridgehead atoms. The first-order valence-corrected chi connectivity index (χ1v) is 13.1. The van der Waals surface area contributed by atoms with Crippen molar-refractivity contribution in [2.24, 2.45) is 0 Å². The van der Waals surface area contributed by atoms with Crippen molar-refractivity contribution >= 4 is 48.1 Å². The standard InChI is InChI=1S/C9H7.C4H10N.C3H10OSi.C2H6O.CH3.CH2.2ClH.Zr/c1-2-5-9-7-3-6-8(9)4-1;1-4(2,3)5;1-5(2,3)4;1-2-3;;;;;/h1-7H;5H,1-3H3;4H,1-3H3;3H,2H2,1H3;1H3;1H2;2*1H;/q2*-1;;;-1;;;;. The van der Waals surface area contributed by atoms with Gasteiger partial charge in [0.1, 0.15) is 0 Å². The molecule has 0 amide bonds. The Kier molecular flexibility index (Phi) is 37.4. The summed E-state index contributed by atoms with van der Waals surface area (Å²) in [4.78, 5) is 8.66. The first-order valence-electron chi connectivity index (χ1n) is 7.92. The molecule has 3 nitrogen and oxygen atoms in total. The van der Waals surface area contributed by atoms with Gasteiger partial charge >= 0.3 is 28.4 Å². The Morgan fingerprint density at radius 1 is 1.07 bits per heavy atom. The number of nitrogens with one attached hydrogen (secondary N) is 1. The van der Waals surface area contributed by atoms with Gasteiger partial charge in [0, 0.05) is 6.61 Å². The Morgan fingerprint density at radius 3 is 1.67 bits per heavy atom. The molecule has 0 aliphatic carbocycles. The Morgan fingerprint density at radius 2 is 1.37 bits per heavy atom. The molecule has 0 aliphatic rings. The quantitative estimate of drug-likeness (QED) is 0.311. The monoisotopic (exact) mass is 514 g/mol. The first-order chi connectivity index (χ1) is 10.9. The summed E-state index contributed by atoms with van der Waals surface area (Å²) < 4.78 is 3.34. The van der Waals surface area contributed by atoms with E-state index in [-0.39, 0.29) is 44.4 Å². The van der Waals surface area contributed by atoms with Crippen LogP contribution >= 0.6 is 24.8 Å². The van der Waals surface area contributed by atoms with Crippen molar-refractivity contribution in [3.05, 3.63) is 55.6 Å². The van der Waals surface area contributed by atoms with Crippen molar-refractivity contribution in [2.45, 2.75) is 52.9 Å². The third kappa shape index (κ3) is 51.9. The van der Waals surface area contributed by atoms with Crippen molar-refractivity contribution in [1.29, 1.82) is 0 Å². The van der Waals surface area contributed by atoms with Crippen molar-refractivity contribution in [3.63, 3.8) is 0 Å². The number of hydrogen-bond acceptors (Lipinski definition) is 2. The van der Waals surface area contributed by atoms with Crippen molar-refractivity contribution in [1.82, 2.24) is 0 Å². The average molecular weight is 517 g/mol. The molecule has 0 spiro atoms. The van der Waals surface area contributed by atoms with Crippen molar-refractivity contribution in [3.8, 4) is 0 Å². The second kappa shape index (κ2) is 24.3. The molecule has 0 saturated carbocycles. The molecule has 2 rings (SSSR count). The topological polar surface area (TPSA) is 64.3 Å². The largest absolute Gasteiger partial charge is 0.358 e. The maximum Gasteiger partial charge on any atom is -0.0809 e. The summed E-state index contributed by atoms with van der Waals surface area (Å²) in [6, 6.07) is 14.7. The predicted molar refractivity (Wildman–Crippen MR) is 130 cm³/mol. The zero-order chi connectivity index (χ0) is 19.8. The molecule has 0 atom stereocenters. The van der Waals surface area contributed by atoms with E-state index in [2.05, 4.69) is 46.7 Å². The summed E-state index contributed by atoms with van der Waals surface area (Å²) >= 11 is 1.30. The first kappa shape index (κ1) is 41.6. The maximum absolute atomic E-state index is 8.66. The molecular weight excluding hydrogens is 476 g/mol. The SMILES string of the molecule is CC(C)(C)[NH-].CCO.C[Si](C)(C)O.Cl.Cl.[CH2]=[Zr].[CH3-].c1ccc2[cH-]ccc2c1. The van der Waals surface area contributed by atoms with Crippen LogP contribution in [0.5, 0.6) is 0 Å². The number of benzene rings is 1. The van der Waals surface area contributed by atoms with Crippen LogP contribution in [0.4, 0.5) is 0 Å². The van der Waals surface area contributed by atoms with E-state index < -0.39 is 8.32 Å². The van der Waals surface area contributed by atoms with Gasteiger partial charge in [-0.3, -0.25) is 0 Å². The Hall–Kier alpha value is 0.260.